The number of aliphatic hydroxyl groups is 1. The number of carboxylic acids is 1. The summed E-state index contributed by atoms with van der Waals surface area (Å²) in [5.41, 5.74) is 1.28. The van der Waals surface area contributed by atoms with Gasteiger partial charge in [-0.1, -0.05) is 50.5 Å². The van der Waals surface area contributed by atoms with Crippen LogP contribution in [0.15, 0.2) is 36.4 Å². The first-order valence-electron chi connectivity index (χ1n) is 9.49. The maximum atomic E-state index is 12.2. The molecule has 2 N–H and O–H groups in total. The summed E-state index contributed by atoms with van der Waals surface area (Å²) in [4.78, 5) is 24.9. The molecule has 1 heterocycles. The number of aromatic carboxylic acids is 1. The maximum absolute atomic E-state index is 12.2. The molecule has 0 spiro atoms. The van der Waals surface area contributed by atoms with Gasteiger partial charge in [0, 0.05) is 13.0 Å². The molecule has 1 saturated heterocycles. The molecule has 0 aliphatic carbocycles. The molecule has 26 heavy (non-hydrogen) atoms. The molecule has 0 saturated carbocycles. The number of amides is 1. The van der Waals surface area contributed by atoms with Crippen molar-refractivity contribution >= 4 is 11.9 Å². The van der Waals surface area contributed by atoms with Crippen LogP contribution in [0, 0.1) is 0 Å². The zero-order valence-electron chi connectivity index (χ0n) is 15.4. The average molecular weight is 359 g/mol. The van der Waals surface area contributed by atoms with Gasteiger partial charge < -0.3 is 15.1 Å². The smallest absolute Gasteiger partial charge is 0.335 e. The Kier molecular flexibility index (Phi) is 7.85. The maximum Gasteiger partial charge on any atom is 0.335 e. The fourth-order valence-corrected chi connectivity index (χ4v) is 3.27. The van der Waals surface area contributed by atoms with E-state index in [0.29, 0.717) is 19.4 Å². The fraction of sp³-hybridized carbons (Fsp3) is 0.524. The van der Waals surface area contributed by atoms with Crippen molar-refractivity contribution in [2.75, 3.05) is 6.54 Å². The van der Waals surface area contributed by atoms with Crippen molar-refractivity contribution in [1.29, 1.82) is 0 Å². The minimum Gasteiger partial charge on any atom is -0.478 e. The van der Waals surface area contributed by atoms with Gasteiger partial charge in [0.2, 0.25) is 5.91 Å². The Hall–Kier alpha value is -2.14. The van der Waals surface area contributed by atoms with E-state index in [2.05, 4.69) is 6.92 Å². The van der Waals surface area contributed by atoms with E-state index in [-0.39, 0.29) is 17.5 Å². The van der Waals surface area contributed by atoms with Crippen LogP contribution in [0.25, 0.3) is 0 Å². The van der Waals surface area contributed by atoms with E-state index in [1.54, 1.807) is 24.3 Å². The summed E-state index contributed by atoms with van der Waals surface area (Å²) < 4.78 is 0. The number of benzene rings is 1. The highest BCUT2D eigenvalue weighted by Gasteiger charge is 2.28. The first kappa shape index (κ1) is 20.2. The third-order valence-electron chi connectivity index (χ3n) is 4.88. The Balaban J connectivity index is 1.87. The van der Waals surface area contributed by atoms with Crippen LogP contribution < -0.4 is 0 Å². The summed E-state index contributed by atoms with van der Waals surface area (Å²) in [5, 5.41) is 19.0. The quantitative estimate of drug-likeness (QED) is 0.496. The molecule has 1 unspecified atom stereocenters. The Morgan fingerprint density at radius 1 is 1.31 bits per heavy atom. The Morgan fingerprint density at radius 2 is 2.04 bits per heavy atom. The van der Waals surface area contributed by atoms with E-state index >= 15 is 0 Å². The summed E-state index contributed by atoms with van der Waals surface area (Å²) in [6.45, 7) is 2.74. The number of carboxylic acid groups (broad SMARTS) is 1. The lowest BCUT2D eigenvalue weighted by atomic mass is 10.1. The van der Waals surface area contributed by atoms with Gasteiger partial charge in [0.1, 0.15) is 0 Å². The summed E-state index contributed by atoms with van der Waals surface area (Å²) in [6, 6.07) is 6.82. The molecule has 1 aliphatic rings. The van der Waals surface area contributed by atoms with Gasteiger partial charge in [0.15, 0.2) is 0 Å². The van der Waals surface area contributed by atoms with Gasteiger partial charge in [-0.25, -0.2) is 4.79 Å². The lowest BCUT2D eigenvalue weighted by molar-refractivity contribution is -0.128. The van der Waals surface area contributed by atoms with Crippen LogP contribution in [0.1, 0.15) is 61.4 Å². The van der Waals surface area contributed by atoms with E-state index in [1.165, 1.54) is 0 Å². The molecule has 1 fully saturated rings. The van der Waals surface area contributed by atoms with Crippen molar-refractivity contribution in [2.24, 2.45) is 0 Å². The van der Waals surface area contributed by atoms with Crippen LogP contribution in [0.5, 0.6) is 0 Å². The summed E-state index contributed by atoms with van der Waals surface area (Å²) in [6.07, 6.45) is 9.41. The molecule has 2 rings (SSSR count). The first-order valence-corrected chi connectivity index (χ1v) is 9.49. The van der Waals surface area contributed by atoms with Gasteiger partial charge in [0.25, 0.3) is 0 Å². The molecule has 0 aromatic heterocycles. The molecule has 1 aromatic rings. The number of hydrogen-bond acceptors (Lipinski definition) is 3. The highest BCUT2D eigenvalue weighted by atomic mass is 16.4. The van der Waals surface area contributed by atoms with Crippen molar-refractivity contribution in [3.05, 3.63) is 47.5 Å². The van der Waals surface area contributed by atoms with Crippen LogP contribution in [-0.2, 0) is 11.2 Å². The zero-order chi connectivity index (χ0) is 18.9. The summed E-state index contributed by atoms with van der Waals surface area (Å²) in [7, 11) is 0. The number of carbonyl (C=O) groups excluding carboxylic acids is 1. The molecule has 142 valence electrons. The summed E-state index contributed by atoms with van der Waals surface area (Å²) in [5.74, 6) is -0.795. The largest absolute Gasteiger partial charge is 0.478 e. The Bertz CT molecular complexity index is 623. The molecule has 2 atom stereocenters. The number of aliphatic hydroxyl groups excluding tert-OH is 1. The van der Waals surface area contributed by atoms with E-state index in [1.807, 2.05) is 17.1 Å². The monoisotopic (exact) mass is 359 g/mol. The third-order valence-corrected chi connectivity index (χ3v) is 4.88. The second-order valence-electron chi connectivity index (χ2n) is 6.89. The Morgan fingerprint density at radius 3 is 2.69 bits per heavy atom. The minimum atomic E-state index is -0.936. The van der Waals surface area contributed by atoms with Crippen molar-refractivity contribution in [1.82, 2.24) is 4.90 Å². The predicted octanol–water partition coefficient (Wildman–Crippen LogP) is 3.42. The first-order chi connectivity index (χ1) is 12.5. The standard InChI is InChI=1S/C21H29NO4/c1-2-3-4-5-19(23)12-10-18-11-13-20(24)22(18)15-14-16-6-8-17(9-7-16)21(25)26/h6-10,12,18-19,23H,2-5,11,13-15H2,1H3,(H,25,26)/t18?,19-/m0/s1. The van der Waals surface area contributed by atoms with E-state index in [0.717, 1.165) is 37.7 Å². The normalized spacial score (nSPS) is 18.6. The van der Waals surface area contributed by atoms with Gasteiger partial charge in [0.05, 0.1) is 17.7 Å². The molecular weight excluding hydrogens is 330 g/mol. The molecule has 0 bridgehead atoms. The SMILES string of the molecule is CCCCC[C@H](O)C=CC1CCC(=O)N1CCc1ccc(C(=O)O)cc1. The van der Waals surface area contributed by atoms with Crippen molar-refractivity contribution in [2.45, 2.75) is 64.0 Å². The highest BCUT2D eigenvalue weighted by Crippen LogP contribution is 2.21. The second kappa shape index (κ2) is 10.1. The molecule has 1 aliphatic heterocycles. The number of hydrogen-bond donors (Lipinski definition) is 2. The topological polar surface area (TPSA) is 77.8 Å². The summed E-state index contributed by atoms with van der Waals surface area (Å²) >= 11 is 0. The number of unbranched alkanes of at least 4 members (excludes halogenated alkanes) is 2. The van der Waals surface area contributed by atoms with Crippen LogP contribution in [-0.4, -0.2) is 45.7 Å². The van der Waals surface area contributed by atoms with Gasteiger partial charge in [-0.05, 0) is 37.0 Å². The fourth-order valence-electron chi connectivity index (χ4n) is 3.27. The predicted molar refractivity (Wildman–Crippen MR) is 101 cm³/mol. The van der Waals surface area contributed by atoms with E-state index < -0.39 is 12.1 Å². The van der Waals surface area contributed by atoms with Gasteiger partial charge in [-0.3, -0.25) is 4.79 Å². The Labute approximate surface area is 155 Å². The number of rotatable bonds is 10. The van der Waals surface area contributed by atoms with E-state index in [9.17, 15) is 14.7 Å². The zero-order valence-corrected chi connectivity index (χ0v) is 15.4. The molecule has 0 radical (unpaired) electrons. The minimum absolute atomic E-state index is 0.0432. The third kappa shape index (κ3) is 5.99. The van der Waals surface area contributed by atoms with Gasteiger partial charge in [-0.2, -0.15) is 0 Å². The lowest BCUT2D eigenvalue weighted by Crippen LogP contribution is -2.33. The van der Waals surface area contributed by atoms with Crippen LogP contribution in [0.2, 0.25) is 0 Å². The van der Waals surface area contributed by atoms with Crippen LogP contribution in [0.3, 0.4) is 0 Å². The van der Waals surface area contributed by atoms with Crippen molar-refractivity contribution in [3.8, 4) is 0 Å². The average Bonchev–Trinajstić information content (AvgIpc) is 2.98. The molecule has 1 amide bonds. The molecular formula is C21H29NO4. The molecule has 1 aromatic carbocycles. The highest BCUT2D eigenvalue weighted by molar-refractivity contribution is 5.87. The number of carbonyl (C=O) groups is 2. The van der Waals surface area contributed by atoms with Crippen molar-refractivity contribution in [3.63, 3.8) is 0 Å². The van der Waals surface area contributed by atoms with E-state index in [4.69, 9.17) is 5.11 Å². The van der Waals surface area contributed by atoms with Crippen LogP contribution >= 0.6 is 0 Å². The molecule has 5 nitrogen and oxygen atoms in total. The lowest BCUT2D eigenvalue weighted by Gasteiger charge is -2.22. The number of nitrogens with zero attached hydrogens (tertiary/aromatic N) is 1. The second-order valence-corrected chi connectivity index (χ2v) is 6.89. The van der Waals surface area contributed by atoms with Crippen LogP contribution in [0.4, 0.5) is 0 Å². The van der Waals surface area contributed by atoms with Gasteiger partial charge >= 0.3 is 5.97 Å². The number of likely N-dealkylation sites (tertiary alicyclic amines) is 1. The van der Waals surface area contributed by atoms with Gasteiger partial charge in [-0.15, -0.1) is 0 Å². The molecule has 5 heteroatoms. The van der Waals surface area contributed by atoms with Crippen molar-refractivity contribution < 1.29 is 19.8 Å².